The van der Waals surface area contributed by atoms with Crippen molar-refractivity contribution in [3.05, 3.63) is 24.3 Å². The largest absolute Gasteiger partial charge is 0.491 e. The Bertz CT molecular complexity index is 532. The van der Waals surface area contributed by atoms with Crippen LogP contribution in [0.4, 0.5) is 10.5 Å². The molecule has 1 aromatic carbocycles. The maximum atomic E-state index is 12.3. The summed E-state index contributed by atoms with van der Waals surface area (Å²) >= 11 is 0. The number of urea groups is 1. The molecule has 3 N–H and O–H groups in total. The van der Waals surface area contributed by atoms with Crippen LogP contribution in [-0.2, 0) is 4.79 Å². The molecule has 2 rings (SSSR count). The number of para-hydroxylation sites is 2. The monoisotopic (exact) mass is 294 g/mol. The summed E-state index contributed by atoms with van der Waals surface area (Å²) in [5, 5.41) is 20.8. The SMILES string of the molecule is CC(O)C(NC(=O)N1CCCOc2ccccc21)C(=O)O. The fourth-order valence-corrected chi connectivity index (χ4v) is 2.14. The molecule has 21 heavy (non-hydrogen) atoms. The molecule has 0 spiro atoms. The number of carboxylic acids is 1. The number of aliphatic carboxylic acids is 1. The molecule has 114 valence electrons. The number of rotatable bonds is 3. The molecule has 1 aromatic rings. The van der Waals surface area contributed by atoms with E-state index in [-0.39, 0.29) is 0 Å². The third-order valence-electron chi connectivity index (χ3n) is 3.21. The van der Waals surface area contributed by atoms with Crippen LogP contribution in [0, 0.1) is 0 Å². The van der Waals surface area contributed by atoms with Gasteiger partial charge in [-0.1, -0.05) is 12.1 Å². The van der Waals surface area contributed by atoms with E-state index in [0.717, 1.165) is 0 Å². The van der Waals surface area contributed by atoms with Crippen LogP contribution in [0.2, 0.25) is 0 Å². The lowest BCUT2D eigenvalue weighted by Gasteiger charge is -2.25. The molecule has 2 atom stereocenters. The average Bonchev–Trinajstić information content (AvgIpc) is 2.66. The lowest BCUT2D eigenvalue weighted by Crippen LogP contribution is -2.52. The third-order valence-corrected chi connectivity index (χ3v) is 3.21. The Balaban J connectivity index is 2.20. The highest BCUT2D eigenvalue weighted by atomic mass is 16.5. The van der Waals surface area contributed by atoms with Gasteiger partial charge in [-0.05, 0) is 25.5 Å². The van der Waals surface area contributed by atoms with Crippen LogP contribution in [-0.4, -0.2) is 47.5 Å². The van der Waals surface area contributed by atoms with Gasteiger partial charge in [0, 0.05) is 6.54 Å². The maximum Gasteiger partial charge on any atom is 0.328 e. The van der Waals surface area contributed by atoms with Gasteiger partial charge in [0.1, 0.15) is 5.75 Å². The first kappa shape index (κ1) is 15.1. The minimum Gasteiger partial charge on any atom is -0.491 e. The number of fused-ring (bicyclic) bond motifs is 1. The zero-order valence-electron chi connectivity index (χ0n) is 11.7. The van der Waals surface area contributed by atoms with E-state index in [1.807, 2.05) is 0 Å². The quantitative estimate of drug-likeness (QED) is 0.766. The Labute approximate surface area is 122 Å². The molecule has 0 saturated heterocycles. The molecule has 0 saturated carbocycles. The Hall–Kier alpha value is -2.28. The van der Waals surface area contributed by atoms with E-state index in [1.165, 1.54) is 11.8 Å². The normalized spacial score (nSPS) is 17.0. The second-order valence-corrected chi connectivity index (χ2v) is 4.83. The van der Waals surface area contributed by atoms with Crippen molar-refractivity contribution in [1.82, 2.24) is 5.32 Å². The topological polar surface area (TPSA) is 99.1 Å². The number of amides is 2. The van der Waals surface area contributed by atoms with E-state index in [4.69, 9.17) is 9.84 Å². The van der Waals surface area contributed by atoms with Gasteiger partial charge in [0.05, 0.1) is 18.4 Å². The van der Waals surface area contributed by atoms with Crippen molar-refractivity contribution >= 4 is 17.7 Å². The molecule has 0 aliphatic carbocycles. The van der Waals surface area contributed by atoms with Crippen LogP contribution in [0.1, 0.15) is 13.3 Å². The third kappa shape index (κ3) is 3.43. The van der Waals surface area contributed by atoms with Crippen molar-refractivity contribution in [3.8, 4) is 5.75 Å². The van der Waals surface area contributed by atoms with Crippen molar-refractivity contribution in [2.24, 2.45) is 0 Å². The predicted molar refractivity (Wildman–Crippen MR) is 75.5 cm³/mol. The molecule has 0 aromatic heterocycles. The first-order valence-electron chi connectivity index (χ1n) is 6.71. The summed E-state index contributed by atoms with van der Waals surface area (Å²) in [5.74, 6) is -0.702. The zero-order chi connectivity index (χ0) is 15.4. The van der Waals surface area contributed by atoms with Crippen molar-refractivity contribution in [2.75, 3.05) is 18.1 Å². The van der Waals surface area contributed by atoms with E-state index in [2.05, 4.69) is 5.32 Å². The van der Waals surface area contributed by atoms with E-state index in [9.17, 15) is 14.7 Å². The first-order valence-corrected chi connectivity index (χ1v) is 6.71. The van der Waals surface area contributed by atoms with E-state index >= 15 is 0 Å². The summed E-state index contributed by atoms with van der Waals surface area (Å²) in [5.41, 5.74) is 0.585. The zero-order valence-corrected chi connectivity index (χ0v) is 11.7. The number of aliphatic hydroxyl groups excluding tert-OH is 1. The van der Waals surface area contributed by atoms with E-state index < -0.39 is 24.1 Å². The van der Waals surface area contributed by atoms with Crippen LogP contribution in [0.5, 0.6) is 5.75 Å². The van der Waals surface area contributed by atoms with Gasteiger partial charge >= 0.3 is 12.0 Å². The highest BCUT2D eigenvalue weighted by Gasteiger charge is 2.29. The number of aliphatic hydroxyl groups is 1. The van der Waals surface area contributed by atoms with Crippen LogP contribution in [0.25, 0.3) is 0 Å². The molecular formula is C14H18N2O5. The lowest BCUT2D eigenvalue weighted by molar-refractivity contribution is -0.141. The second-order valence-electron chi connectivity index (χ2n) is 4.83. The van der Waals surface area contributed by atoms with Gasteiger partial charge in [-0.15, -0.1) is 0 Å². The van der Waals surface area contributed by atoms with E-state index in [0.29, 0.717) is 31.0 Å². The minimum absolute atomic E-state index is 0.412. The smallest absolute Gasteiger partial charge is 0.328 e. The van der Waals surface area contributed by atoms with Gasteiger partial charge in [-0.3, -0.25) is 4.90 Å². The average molecular weight is 294 g/mol. The number of nitrogens with zero attached hydrogens (tertiary/aromatic N) is 1. The molecule has 0 bridgehead atoms. The summed E-state index contributed by atoms with van der Waals surface area (Å²) in [6.45, 7) is 2.22. The Kier molecular flexibility index (Phi) is 4.64. The first-order chi connectivity index (χ1) is 10.0. The molecule has 1 heterocycles. The number of carbonyl (C=O) groups excluding carboxylic acids is 1. The van der Waals surface area contributed by atoms with Gasteiger partial charge in [0.15, 0.2) is 6.04 Å². The van der Waals surface area contributed by atoms with Crippen LogP contribution < -0.4 is 15.0 Å². The van der Waals surface area contributed by atoms with Crippen LogP contribution in [0.15, 0.2) is 24.3 Å². The van der Waals surface area contributed by atoms with E-state index in [1.54, 1.807) is 24.3 Å². The number of anilines is 1. The Morgan fingerprint density at radius 2 is 2.10 bits per heavy atom. The molecule has 1 aliphatic rings. The van der Waals surface area contributed by atoms with Crippen molar-refractivity contribution in [1.29, 1.82) is 0 Å². The fraction of sp³-hybridized carbons (Fsp3) is 0.429. The number of carbonyl (C=O) groups is 2. The van der Waals surface area contributed by atoms with Gasteiger partial charge in [0.2, 0.25) is 0 Å². The highest BCUT2D eigenvalue weighted by molar-refractivity contribution is 5.96. The Morgan fingerprint density at radius 1 is 1.38 bits per heavy atom. The molecule has 2 amide bonds. The number of ether oxygens (including phenoxy) is 1. The predicted octanol–water partition coefficient (Wildman–Crippen LogP) is 0.819. The van der Waals surface area contributed by atoms with Gasteiger partial charge in [0.25, 0.3) is 0 Å². The number of benzene rings is 1. The van der Waals surface area contributed by atoms with Crippen molar-refractivity contribution < 1.29 is 24.5 Å². The molecule has 0 fully saturated rings. The van der Waals surface area contributed by atoms with Crippen LogP contribution in [0.3, 0.4) is 0 Å². The van der Waals surface area contributed by atoms with Crippen molar-refractivity contribution in [2.45, 2.75) is 25.5 Å². The highest BCUT2D eigenvalue weighted by Crippen LogP contribution is 2.30. The lowest BCUT2D eigenvalue weighted by atomic mass is 10.2. The Morgan fingerprint density at radius 3 is 2.76 bits per heavy atom. The summed E-state index contributed by atoms with van der Waals surface area (Å²) in [7, 11) is 0. The van der Waals surface area contributed by atoms with Crippen LogP contribution >= 0.6 is 0 Å². The molecule has 0 radical (unpaired) electrons. The van der Waals surface area contributed by atoms with Crippen molar-refractivity contribution in [3.63, 3.8) is 0 Å². The molecule has 7 nitrogen and oxygen atoms in total. The standard InChI is InChI=1S/C14H18N2O5/c1-9(17)12(13(18)19)15-14(20)16-7-4-8-21-11-6-3-2-5-10(11)16/h2-3,5-6,9,12,17H,4,7-8H2,1H3,(H,15,20)(H,18,19). The number of hydrogen-bond acceptors (Lipinski definition) is 4. The molecular weight excluding hydrogens is 276 g/mol. The minimum atomic E-state index is -1.35. The summed E-state index contributed by atoms with van der Waals surface area (Å²) in [6, 6.07) is 5.14. The number of nitrogens with one attached hydrogen (secondary N) is 1. The fourth-order valence-electron chi connectivity index (χ4n) is 2.14. The molecule has 7 heteroatoms. The summed E-state index contributed by atoms with van der Waals surface area (Å²) in [6.07, 6.45) is -0.556. The summed E-state index contributed by atoms with van der Waals surface area (Å²) in [4.78, 5) is 24.8. The second kappa shape index (κ2) is 6.45. The maximum absolute atomic E-state index is 12.3. The van der Waals surface area contributed by atoms with Gasteiger partial charge in [-0.25, -0.2) is 9.59 Å². The number of carboxylic acid groups (broad SMARTS) is 1. The van der Waals surface area contributed by atoms with Gasteiger partial charge < -0.3 is 20.3 Å². The van der Waals surface area contributed by atoms with Gasteiger partial charge in [-0.2, -0.15) is 0 Å². The summed E-state index contributed by atoms with van der Waals surface area (Å²) < 4.78 is 5.54. The molecule has 2 unspecified atom stereocenters. The number of hydrogen-bond donors (Lipinski definition) is 3. The molecule has 1 aliphatic heterocycles.